The summed E-state index contributed by atoms with van der Waals surface area (Å²) in [5.41, 5.74) is 0.518. The molecule has 0 saturated carbocycles. The molecule has 8 nitrogen and oxygen atoms in total. The zero-order valence-corrected chi connectivity index (χ0v) is 16.9. The molecule has 9 heteroatoms. The van der Waals surface area contributed by atoms with Crippen molar-refractivity contribution in [1.29, 1.82) is 5.26 Å². The third-order valence-electron chi connectivity index (χ3n) is 4.60. The summed E-state index contributed by atoms with van der Waals surface area (Å²) >= 11 is 0. The van der Waals surface area contributed by atoms with Gasteiger partial charge in [0.05, 0.1) is 10.5 Å². The number of ether oxygens (including phenoxy) is 2. The van der Waals surface area contributed by atoms with E-state index >= 15 is 0 Å². The molecule has 0 atom stereocenters. The van der Waals surface area contributed by atoms with Gasteiger partial charge in [-0.2, -0.15) is 9.57 Å². The van der Waals surface area contributed by atoms with E-state index in [-0.39, 0.29) is 21.8 Å². The van der Waals surface area contributed by atoms with Crippen molar-refractivity contribution in [3.8, 4) is 11.8 Å². The van der Waals surface area contributed by atoms with E-state index in [2.05, 4.69) is 0 Å². The Kier molecular flexibility index (Phi) is 6.82. The van der Waals surface area contributed by atoms with Gasteiger partial charge in [-0.25, -0.2) is 13.2 Å². The summed E-state index contributed by atoms with van der Waals surface area (Å²) in [7, 11) is -3.55. The standard InChI is InChI=1S/C21H20N2O6S/c22-13-17-5-1-2-6-20(17)28-15-21(25)29-14-19(24)16-7-9-18(10-8-16)30(26,27)23-11-3-4-12-23/h1-2,5-10H,3-4,11-12,14-15H2. The maximum absolute atomic E-state index is 12.5. The zero-order valence-electron chi connectivity index (χ0n) is 16.1. The van der Waals surface area contributed by atoms with Crippen LogP contribution in [0.25, 0.3) is 0 Å². The lowest BCUT2D eigenvalue weighted by atomic mass is 10.1. The summed E-state index contributed by atoms with van der Waals surface area (Å²) in [6.45, 7) is 0.0546. The lowest BCUT2D eigenvalue weighted by Gasteiger charge is -2.15. The summed E-state index contributed by atoms with van der Waals surface area (Å²) in [5.74, 6) is -0.978. The first-order valence-electron chi connectivity index (χ1n) is 9.33. The molecule has 1 aliphatic rings. The molecule has 1 heterocycles. The van der Waals surface area contributed by atoms with Gasteiger partial charge in [-0.1, -0.05) is 12.1 Å². The van der Waals surface area contributed by atoms with Gasteiger partial charge in [-0.3, -0.25) is 4.79 Å². The van der Waals surface area contributed by atoms with Crippen LogP contribution in [-0.4, -0.2) is 50.8 Å². The van der Waals surface area contributed by atoms with Crippen molar-refractivity contribution in [2.75, 3.05) is 26.3 Å². The normalized spacial score (nSPS) is 14.1. The highest BCUT2D eigenvalue weighted by atomic mass is 32.2. The van der Waals surface area contributed by atoms with Crippen LogP contribution in [0.5, 0.6) is 5.75 Å². The van der Waals surface area contributed by atoms with Gasteiger partial charge in [0, 0.05) is 18.7 Å². The summed E-state index contributed by atoms with van der Waals surface area (Å²) in [4.78, 5) is 24.2. The summed E-state index contributed by atoms with van der Waals surface area (Å²) in [6, 6.07) is 13.9. The second-order valence-electron chi connectivity index (χ2n) is 6.62. The third-order valence-corrected chi connectivity index (χ3v) is 6.51. The van der Waals surface area contributed by atoms with E-state index < -0.39 is 35.0 Å². The lowest BCUT2D eigenvalue weighted by molar-refractivity contribution is -0.144. The molecule has 3 rings (SSSR count). The van der Waals surface area contributed by atoms with Crippen molar-refractivity contribution in [2.45, 2.75) is 17.7 Å². The summed E-state index contributed by atoms with van der Waals surface area (Å²) in [5, 5.41) is 8.99. The van der Waals surface area contributed by atoms with Crippen molar-refractivity contribution in [1.82, 2.24) is 4.31 Å². The van der Waals surface area contributed by atoms with Crippen molar-refractivity contribution in [3.63, 3.8) is 0 Å². The molecule has 30 heavy (non-hydrogen) atoms. The van der Waals surface area contributed by atoms with Gasteiger partial charge >= 0.3 is 5.97 Å². The fourth-order valence-electron chi connectivity index (χ4n) is 2.98. The van der Waals surface area contributed by atoms with E-state index in [0.717, 1.165) is 12.8 Å². The molecule has 0 amide bonds. The quantitative estimate of drug-likeness (QED) is 0.467. The fourth-order valence-corrected chi connectivity index (χ4v) is 4.50. The molecule has 0 N–H and O–H groups in total. The first-order chi connectivity index (χ1) is 14.4. The number of benzene rings is 2. The molecule has 0 aliphatic carbocycles. The predicted molar refractivity (Wildman–Crippen MR) is 106 cm³/mol. The number of rotatable bonds is 8. The number of hydrogen-bond acceptors (Lipinski definition) is 7. The van der Waals surface area contributed by atoms with Gasteiger partial charge in [0.1, 0.15) is 11.8 Å². The van der Waals surface area contributed by atoms with E-state index in [1.807, 2.05) is 6.07 Å². The van der Waals surface area contributed by atoms with Crippen molar-refractivity contribution < 1.29 is 27.5 Å². The minimum absolute atomic E-state index is 0.127. The van der Waals surface area contributed by atoms with E-state index in [9.17, 15) is 18.0 Å². The average Bonchev–Trinajstić information content (AvgIpc) is 3.32. The van der Waals surface area contributed by atoms with E-state index in [4.69, 9.17) is 14.7 Å². The van der Waals surface area contributed by atoms with E-state index in [1.54, 1.807) is 24.3 Å². The van der Waals surface area contributed by atoms with Crippen molar-refractivity contribution in [3.05, 3.63) is 59.7 Å². The molecule has 0 aromatic heterocycles. The number of carbonyl (C=O) groups excluding carboxylic acids is 2. The number of para-hydroxylation sites is 1. The zero-order chi connectivity index (χ0) is 21.6. The van der Waals surface area contributed by atoms with Gasteiger partial charge in [0.15, 0.2) is 19.0 Å². The number of carbonyl (C=O) groups is 2. The van der Waals surface area contributed by atoms with Crippen LogP contribution in [0.1, 0.15) is 28.8 Å². The number of nitriles is 1. The maximum atomic E-state index is 12.5. The minimum Gasteiger partial charge on any atom is -0.481 e. The molecule has 0 radical (unpaired) electrons. The minimum atomic E-state index is -3.55. The maximum Gasteiger partial charge on any atom is 0.344 e. The van der Waals surface area contributed by atoms with Gasteiger partial charge < -0.3 is 9.47 Å². The van der Waals surface area contributed by atoms with Crippen molar-refractivity contribution in [2.24, 2.45) is 0 Å². The van der Waals surface area contributed by atoms with Gasteiger partial charge in [-0.15, -0.1) is 0 Å². The van der Waals surface area contributed by atoms with Gasteiger partial charge in [0.2, 0.25) is 10.0 Å². The number of nitrogens with zero attached hydrogens (tertiary/aromatic N) is 2. The SMILES string of the molecule is N#Cc1ccccc1OCC(=O)OCC(=O)c1ccc(S(=O)(=O)N2CCCC2)cc1. The Bertz CT molecular complexity index is 1070. The Morgan fingerprint density at radius 3 is 2.33 bits per heavy atom. The molecule has 1 fully saturated rings. The Balaban J connectivity index is 1.52. The summed E-state index contributed by atoms with van der Waals surface area (Å²) < 4.78 is 36.6. The second-order valence-corrected chi connectivity index (χ2v) is 8.55. The Hall–Kier alpha value is -3.22. The van der Waals surface area contributed by atoms with Gasteiger partial charge in [0.25, 0.3) is 0 Å². The highest BCUT2D eigenvalue weighted by Crippen LogP contribution is 2.21. The van der Waals surface area contributed by atoms with E-state index in [0.29, 0.717) is 13.1 Å². The number of esters is 1. The Morgan fingerprint density at radius 1 is 1.00 bits per heavy atom. The molecule has 2 aromatic carbocycles. The van der Waals surface area contributed by atoms with Crippen LogP contribution >= 0.6 is 0 Å². The first kappa shape index (κ1) is 21.5. The molecule has 0 spiro atoms. The van der Waals surface area contributed by atoms with E-state index in [1.165, 1.54) is 28.6 Å². The predicted octanol–water partition coefficient (Wildman–Crippen LogP) is 2.15. The highest BCUT2D eigenvalue weighted by molar-refractivity contribution is 7.89. The third kappa shape index (κ3) is 5.03. The lowest BCUT2D eigenvalue weighted by Crippen LogP contribution is -2.27. The van der Waals surface area contributed by atoms with Crippen LogP contribution < -0.4 is 4.74 Å². The van der Waals surface area contributed by atoms with Crippen LogP contribution in [0.15, 0.2) is 53.4 Å². The second kappa shape index (κ2) is 9.52. The van der Waals surface area contributed by atoms with Gasteiger partial charge in [-0.05, 0) is 49.2 Å². The molecule has 0 unspecified atom stereocenters. The highest BCUT2D eigenvalue weighted by Gasteiger charge is 2.27. The van der Waals surface area contributed by atoms with Crippen LogP contribution in [0.3, 0.4) is 0 Å². The van der Waals surface area contributed by atoms with Crippen LogP contribution in [-0.2, 0) is 19.6 Å². The largest absolute Gasteiger partial charge is 0.481 e. The van der Waals surface area contributed by atoms with Crippen molar-refractivity contribution >= 4 is 21.8 Å². The fraction of sp³-hybridized carbons (Fsp3) is 0.286. The number of ketones is 1. The molecule has 1 aliphatic heterocycles. The molecular weight excluding hydrogens is 408 g/mol. The Labute approximate surface area is 174 Å². The average molecular weight is 428 g/mol. The molecule has 0 bridgehead atoms. The number of Topliss-reactive ketones (excluding diaryl/α,β-unsaturated/α-hetero) is 1. The molecule has 156 valence electrons. The number of hydrogen-bond donors (Lipinski definition) is 0. The summed E-state index contributed by atoms with van der Waals surface area (Å²) in [6.07, 6.45) is 1.68. The molecule has 2 aromatic rings. The topological polar surface area (TPSA) is 114 Å². The van der Waals surface area contributed by atoms with Crippen LogP contribution in [0.2, 0.25) is 0 Å². The van der Waals surface area contributed by atoms with Crippen LogP contribution in [0, 0.1) is 11.3 Å². The number of sulfonamides is 1. The molecular formula is C21H20N2O6S. The Morgan fingerprint density at radius 2 is 1.67 bits per heavy atom. The monoisotopic (exact) mass is 428 g/mol. The molecule has 1 saturated heterocycles. The first-order valence-corrected chi connectivity index (χ1v) is 10.8. The smallest absolute Gasteiger partial charge is 0.344 e. The van der Waals surface area contributed by atoms with Crippen LogP contribution in [0.4, 0.5) is 0 Å².